The molecule has 2 aromatic rings. The van der Waals surface area contributed by atoms with Gasteiger partial charge in [0, 0.05) is 24.3 Å². The number of nitro groups is 1. The molecular formula is C17H19N3O5. The van der Waals surface area contributed by atoms with Crippen molar-refractivity contribution in [3.05, 3.63) is 82.0 Å². The summed E-state index contributed by atoms with van der Waals surface area (Å²) in [5, 5.41) is 10.8. The second-order valence-corrected chi connectivity index (χ2v) is 4.99. The van der Waals surface area contributed by atoms with Crippen LogP contribution in [-0.2, 0) is 6.42 Å². The monoisotopic (exact) mass is 345 g/mol. The van der Waals surface area contributed by atoms with Crippen LogP contribution in [0, 0.1) is 10.1 Å². The number of allylic oxidation sites excluding steroid dienone is 1. The third kappa shape index (κ3) is 5.33. The molecule has 0 atom stereocenters. The normalized spacial score (nSPS) is 9.48. The van der Waals surface area contributed by atoms with Crippen LogP contribution in [0.15, 0.2) is 60.8 Å². The van der Waals surface area contributed by atoms with Gasteiger partial charge in [-0.3, -0.25) is 20.3 Å². The molecular weight excluding hydrogens is 326 g/mol. The number of benzene rings is 2. The number of non-ortho nitro benzene ring substituents is 1. The molecule has 1 amide bonds. The molecule has 0 unspecified atom stereocenters. The van der Waals surface area contributed by atoms with E-state index in [9.17, 15) is 14.9 Å². The van der Waals surface area contributed by atoms with Crippen molar-refractivity contribution in [2.75, 3.05) is 7.11 Å². The Balaban J connectivity index is 0.00000312. The third-order valence-corrected chi connectivity index (χ3v) is 3.24. The van der Waals surface area contributed by atoms with E-state index in [2.05, 4.69) is 17.4 Å². The van der Waals surface area contributed by atoms with Gasteiger partial charge in [-0.2, -0.15) is 0 Å². The van der Waals surface area contributed by atoms with Crippen molar-refractivity contribution in [2.24, 2.45) is 0 Å². The molecule has 0 aliphatic rings. The molecule has 0 aromatic heterocycles. The molecule has 0 aliphatic heterocycles. The largest absolute Gasteiger partial charge is 0.496 e. The molecule has 0 aliphatic carbocycles. The molecule has 0 fully saturated rings. The first kappa shape index (κ1) is 19.7. The number of hydrogen-bond acceptors (Lipinski definition) is 5. The number of carbonyl (C=O) groups is 1. The number of ether oxygens (including phenoxy) is 1. The third-order valence-electron chi connectivity index (χ3n) is 3.24. The van der Waals surface area contributed by atoms with Crippen LogP contribution in [0.5, 0.6) is 5.75 Å². The molecule has 8 heteroatoms. The molecule has 0 bridgehead atoms. The molecule has 4 N–H and O–H groups in total. The van der Waals surface area contributed by atoms with Crippen LogP contribution in [0.25, 0.3) is 0 Å². The molecule has 0 saturated heterocycles. The second kappa shape index (κ2) is 9.04. The highest BCUT2D eigenvalue weighted by Crippen LogP contribution is 2.17. The van der Waals surface area contributed by atoms with Gasteiger partial charge in [0.15, 0.2) is 0 Å². The number of hydrogen-bond donors (Lipinski definition) is 2. The number of hydrazine groups is 1. The maximum Gasteiger partial charge on any atom is 0.273 e. The molecule has 2 aromatic carbocycles. The van der Waals surface area contributed by atoms with Gasteiger partial charge in [-0.05, 0) is 17.7 Å². The smallest absolute Gasteiger partial charge is 0.273 e. The second-order valence-electron chi connectivity index (χ2n) is 4.99. The number of rotatable bonds is 7. The minimum Gasteiger partial charge on any atom is -0.496 e. The molecule has 2 rings (SSSR count). The lowest BCUT2D eigenvalue weighted by atomic mass is 10.1. The Hall–Kier alpha value is -3.39. The molecule has 0 heterocycles. The highest BCUT2D eigenvalue weighted by molar-refractivity contribution is 5.96. The number of nitrogens with one attached hydrogen (secondary N) is 2. The highest BCUT2D eigenvalue weighted by atomic mass is 16.6. The van der Waals surface area contributed by atoms with E-state index in [4.69, 9.17) is 4.74 Å². The summed E-state index contributed by atoms with van der Waals surface area (Å²) in [6, 6.07) is 13.1. The standard InChI is InChI=1S/C17H17N3O4.H2O/c1-12(10-13-6-5-7-14(11-13)20(22)23)18-19-17(21)15-8-3-4-9-16(15)24-2;/h3-9,11,18H,1,10H2,2H3,(H,19,21);1H2. The average Bonchev–Trinajstić information content (AvgIpc) is 2.59. The van der Waals surface area contributed by atoms with Crippen LogP contribution in [0.4, 0.5) is 5.69 Å². The Morgan fingerprint density at radius 1 is 1.20 bits per heavy atom. The predicted molar refractivity (Wildman–Crippen MR) is 93.2 cm³/mol. The maximum absolute atomic E-state index is 12.1. The van der Waals surface area contributed by atoms with Crippen molar-refractivity contribution < 1.29 is 19.9 Å². The predicted octanol–water partition coefficient (Wildman–Crippen LogP) is 1.77. The Labute approximate surface area is 144 Å². The summed E-state index contributed by atoms with van der Waals surface area (Å²) in [7, 11) is 1.49. The van der Waals surface area contributed by atoms with Gasteiger partial charge in [-0.15, -0.1) is 0 Å². The molecule has 25 heavy (non-hydrogen) atoms. The van der Waals surface area contributed by atoms with E-state index in [1.807, 2.05) is 0 Å². The van der Waals surface area contributed by atoms with Gasteiger partial charge >= 0.3 is 0 Å². The van der Waals surface area contributed by atoms with Crippen molar-refractivity contribution in [1.82, 2.24) is 10.9 Å². The van der Waals surface area contributed by atoms with E-state index in [-0.39, 0.29) is 17.1 Å². The fraction of sp³-hybridized carbons (Fsp3) is 0.118. The number of nitro benzene ring substituents is 1. The van der Waals surface area contributed by atoms with Crippen molar-refractivity contribution in [1.29, 1.82) is 0 Å². The van der Waals surface area contributed by atoms with Crippen LogP contribution < -0.4 is 15.6 Å². The van der Waals surface area contributed by atoms with Crippen LogP contribution in [-0.4, -0.2) is 23.4 Å². The number of amides is 1. The molecule has 8 nitrogen and oxygen atoms in total. The van der Waals surface area contributed by atoms with Gasteiger partial charge in [0.25, 0.3) is 11.6 Å². The van der Waals surface area contributed by atoms with Gasteiger partial charge < -0.3 is 15.6 Å². The number of para-hydroxylation sites is 1. The van der Waals surface area contributed by atoms with Gasteiger partial charge in [0.2, 0.25) is 0 Å². The number of methoxy groups -OCH3 is 1. The Kier molecular flexibility index (Phi) is 7.11. The fourth-order valence-corrected chi connectivity index (χ4v) is 2.12. The lowest BCUT2D eigenvalue weighted by molar-refractivity contribution is -0.384. The van der Waals surface area contributed by atoms with Crippen molar-refractivity contribution in [3.8, 4) is 5.75 Å². The van der Waals surface area contributed by atoms with Crippen LogP contribution in [0.1, 0.15) is 15.9 Å². The summed E-state index contributed by atoms with van der Waals surface area (Å²) >= 11 is 0. The molecule has 132 valence electrons. The minimum absolute atomic E-state index is 0. The van der Waals surface area contributed by atoms with E-state index in [0.29, 0.717) is 29.0 Å². The summed E-state index contributed by atoms with van der Waals surface area (Å²) in [5.74, 6) is 0.0914. The van der Waals surface area contributed by atoms with E-state index >= 15 is 0 Å². The maximum atomic E-state index is 12.1. The fourth-order valence-electron chi connectivity index (χ4n) is 2.12. The molecule has 0 saturated carbocycles. The summed E-state index contributed by atoms with van der Waals surface area (Å²) in [6.07, 6.45) is 0.341. The summed E-state index contributed by atoms with van der Waals surface area (Å²) in [6.45, 7) is 3.81. The number of nitrogens with zero attached hydrogens (tertiary/aromatic N) is 1. The topological polar surface area (TPSA) is 125 Å². The van der Waals surface area contributed by atoms with E-state index < -0.39 is 4.92 Å². The molecule has 0 spiro atoms. The van der Waals surface area contributed by atoms with E-state index in [1.165, 1.54) is 19.2 Å². The first-order chi connectivity index (χ1) is 11.5. The lowest BCUT2D eigenvalue weighted by Gasteiger charge is -2.12. The number of carbonyl (C=O) groups excluding carboxylic acids is 1. The van der Waals surface area contributed by atoms with Crippen molar-refractivity contribution >= 4 is 11.6 Å². The summed E-state index contributed by atoms with van der Waals surface area (Å²) < 4.78 is 5.13. The first-order valence-electron chi connectivity index (χ1n) is 7.11. The lowest BCUT2D eigenvalue weighted by Crippen LogP contribution is -2.37. The summed E-state index contributed by atoms with van der Waals surface area (Å²) in [5.41, 5.74) is 6.85. The Morgan fingerprint density at radius 3 is 2.60 bits per heavy atom. The quantitative estimate of drug-likeness (QED) is 0.584. The van der Waals surface area contributed by atoms with Crippen molar-refractivity contribution in [2.45, 2.75) is 6.42 Å². The SMILES string of the molecule is C=C(Cc1cccc([N+](=O)[O-])c1)NNC(=O)c1ccccc1OC.O. The van der Waals surface area contributed by atoms with Gasteiger partial charge in [-0.1, -0.05) is 30.8 Å². The van der Waals surface area contributed by atoms with Crippen LogP contribution in [0.3, 0.4) is 0 Å². The summed E-state index contributed by atoms with van der Waals surface area (Å²) in [4.78, 5) is 22.5. The van der Waals surface area contributed by atoms with Crippen molar-refractivity contribution in [3.63, 3.8) is 0 Å². The molecule has 0 radical (unpaired) electrons. The van der Waals surface area contributed by atoms with Gasteiger partial charge in [-0.25, -0.2) is 0 Å². The highest BCUT2D eigenvalue weighted by Gasteiger charge is 2.11. The zero-order chi connectivity index (χ0) is 17.5. The Morgan fingerprint density at radius 2 is 1.92 bits per heavy atom. The zero-order valence-corrected chi connectivity index (χ0v) is 13.6. The van der Waals surface area contributed by atoms with E-state index in [0.717, 1.165) is 0 Å². The average molecular weight is 345 g/mol. The zero-order valence-electron chi connectivity index (χ0n) is 13.6. The first-order valence-corrected chi connectivity index (χ1v) is 7.11. The minimum atomic E-state index is -0.455. The van der Waals surface area contributed by atoms with E-state index in [1.54, 1.807) is 36.4 Å². The van der Waals surface area contributed by atoms with Gasteiger partial charge in [0.05, 0.1) is 17.6 Å². The van der Waals surface area contributed by atoms with Gasteiger partial charge in [0.1, 0.15) is 5.75 Å². The van der Waals surface area contributed by atoms with Crippen LogP contribution in [0.2, 0.25) is 0 Å². The Bertz CT molecular complexity index is 776. The van der Waals surface area contributed by atoms with Crippen LogP contribution >= 0.6 is 0 Å².